The molecule has 0 bridgehead atoms. The molecular weight excluding hydrogens is 304 g/mol. The molecule has 112 valence electrons. The molecule has 0 radical (unpaired) electrons. The summed E-state index contributed by atoms with van der Waals surface area (Å²) in [5, 5.41) is 19.7. The van der Waals surface area contributed by atoms with Gasteiger partial charge in [0.2, 0.25) is 0 Å². The minimum Gasteiger partial charge on any atom is -0.550 e. The van der Waals surface area contributed by atoms with Gasteiger partial charge in [0, 0.05) is 11.9 Å². The van der Waals surface area contributed by atoms with Crippen molar-refractivity contribution in [2.45, 2.75) is 39.5 Å². The summed E-state index contributed by atoms with van der Waals surface area (Å²) in [4.78, 5) is 40.6. The molecule has 0 aliphatic heterocycles. The van der Waals surface area contributed by atoms with Gasteiger partial charge in [-0.1, -0.05) is 13.2 Å². The fourth-order valence-corrected chi connectivity index (χ4v) is 0.858. The van der Waals surface area contributed by atoms with Gasteiger partial charge in [-0.05, 0) is 50.7 Å². The zero-order chi connectivity index (χ0) is 16.3. The van der Waals surface area contributed by atoms with Crippen LogP contribution < -0.4 is 10.2 Å². The topological polar surface area (TPSA) is 114 Å². The second-order valence-corrected chi connectivity index (χ2v) is 4.06. The number of allylic oxidation sites excluding steroid dienone is 2. The SMILES string of the molecule is C=C(CCC(=O)[O-])C(C)=O.C=C(CCC(=O)[O-])C(C)=O.[Ca+2]. The van der Waals surface area contributed by atoms with E-state index in [1.807, 2.05) is 0 Å². The van der Waals surface area contributed by atoms with Gasteiger partial charge in [-0.25, -0.2) is 0 Å². The zero-order valence-electron chi connectivity index (χ0n) is 12.4. The number of rotatable bonds is 8. The summed E-state index contributed by atoms with van der Waals surface area (Å²) < 4.78 is 0. The summed E-state index contributed by atoms with van der Waals surface area (Å²) >= 11 is 0. The second kappa shape index (κ2) is 14.0. The van der Waals surface area contributed by atoms with Crippen LogP contribution in [0, 0.1) is 0 Å². The maximum absolute atomic E-state index is 10.4. The molecule has 0 heterocycles. The van der Waals surface area contributed by atoms with Crippen molar-refractivity contribution in [3.05, 3.63) is 24.3 Å². The molecular formula is C14H18CaO6. The van der Waals surface area contributed by atoms with Crippen LogP contribution in [0.1, 0.15) is 39.5 Å². The maximum atomic E-state index is 10.4. The van der Waals surface area contributed by atoms with E-state index < -0.39 is 11.9 Å². The second-order valence-electron chi connectivity index (χ2n) is 4.06. The Morgan fingerprint density at radius 1 is 0.714 bits per heavy atom. The Morgan fingerprint density at radius 3 is 1.10 bits per heavy atom. The standard InChI is InChI=1S/2C7H10O3.Ca/c2*1-5(6(2)8)3-4-7(9)10;/h2*1,3-4H2,2H3,(H,9,10);/q;;+2/p-2. The van der Waals surface area contributed by atoms with Crippen LogP contribution in [0.5, 0.6) is 0 Å². The van der Waals surface area contributed by atoms with Gasteiger partial charge in [-0.2, -0.15) is 0 Å². The van der Waals surface area contributed by atoms with Crippen molar-refractivity contribution in [3.63, 3.8) is 0 Å². The smallest absolute Gasteiger partial charge is 0.550 e. The van der Waals surface area contributed by atoms with E-state index in [-0.39, 0.29) is 75.0 Å². The van der Waals surface area contributed by atoms with Crippen LogP contribution in [0.4, 0.5) is 0 Å². The number of ketones is 2. The summed E-state index contributed by atoms with van der Waals surface area (Å²) in [5.41, 5.74) is 0.674. The molecule has 0 aromatic carbocycles. The molecule has 0 aromatic rings. The minimum atomic E-state index is -1.15. The van der Waals surface area contributed by atoms with Crippen LogP contribution in [0.15, 0.2) is 24.3 Å². The molecule has 0 fully saturated rings. The Balaban J connectivity index is -0.000000295. The number of hydrogen-bond acceptors (Lipinski definition) is 6. The van der Waals surface area contributed by atoms with Gasteiger partial charge in [0.25, 0.3) is 0 Å². The minimum absolute atomic E-state index is 0. The van der Waals surface area contributed by atoms with Gasteiger partial charge in [0.1, 0.15) is 0 Å². The third kappa shape index (κ3) is 19.0. The number of Topliss-reactive ketones (excluding diaryl/α,β-unsaturated/α-hetero) is 2. The molecule has 0 saturated heterocycles. The summed E-state index contributed by atoms with van der Waals surface area (Å²) in [6.07, 6.45) is 0.131. The molecule has 7 heteroatoms. The summed E-state index contributed by atoms with van der Waals surface area (Å²) in [6, 6.07) is 0. The van der Waals surface area contributed by atoms with Crippen LogP contribution in [0.25, 0.3) is 0 Å². The molecule has 21 heavy (non-hydrogen) atoms. The van der Waals surface area contributed by atoms with Crippen LogP contribution >= 0.6 is 0 Å². The molecule has 0 amide bonds. The summed E-state index contributed by atoms with van der Waals surface area (Å²) in [6.45, 7) is 9.49. The number of carbonyl (C=O) groups excluding carboxylic acids is 4. The third-order valence-corrected chi connectivity index (χ3v) is 2.26. The maximum Gasteiger partial charge on any atom is 2.00 e. The van der Waals surface area contributed by atoms with Gasteiger partial charge in [0.15, 0.2) is 11.6 Å². The molecule has 0 unspecified atom stereocenters. The molecule has 0 N–H and O–H groups in total. The zero-order valence-corrected chi connectivity index (χ0v) is 14.6. The fraction of sp³-hybridized carbons (Fsp3) is 0.429. The van der Waals surface area contributed by atoms with Crippen molar-refractivity contribution in [1.29, 1.82) is 0 Å². The molecule has 0 aliphatic carbocycles. The van der Waals surface area contributed by atoms with Crippen molar-refractivity contribution in [2.24, 2.45) is 0 Å². The van der Waals surface area contributed by atoms with E-state index >= 15 is 0 Å². The van der Waals surface area contributed by atoms with Crippen LogP contribution in [0.3, 0.4) is 0 Å². The van der Waals surface area contributed by atoms with Gasteiger partial charge in [0.05, 0.1) is 0 Å². The van der Waals surface area contributed by atoms with E-state index in [4.69, 9.17) is 0 Å². The predicted octanol–water partition coefficient (Wildman–Crippen LogP) is -1.06. The van der Waals surface area contributed by atoms with Gasteiger partial charge < -0.3 is 19.8 Å². The van der Waals surface area contributed by atoms with Crippen LogP contribution in [-0.4, -0.2) is 61.2 Å². The number of carboxylic acids is 2. The number of aliphatic carboxylic acids is 2. The van der Waals surface area contributed by atoms with E-state index in [1.54, 1.807) is 0 Å². The molecule has 0 spiro atoms. The summed E-state index contributed by atoms with van der Waals surface area (Å²) in [7, 11) is 0. The summed E-state index contributed by atoms with van der Waals surface area (Å²) in [5.74, 6) is -2.63. The third-order valence-electron chi connectivity index (χ3n) is 2.26. The van der Waals surface area contributed by atoms with Crippen molar-refractivity contribution in [1.82, 2.24) is 0 Å². The van der Waals surface area contributed by atoms with Crippen molar-refractivity contribution >= 4 is 61.2 Å². The van der Waals surface area contributed by atoms with Crippen molar-refractivity contribution in [2.75, 3.05) is 0 Å². The normalized spacial score (nSPS) is 8.48. The molecule has 0 aliphatic rings. The Hall–Kier alpha value is -0.980. The molecule has 6 nitrogen and oxygen atoms in total. The van der Waals surface area contributed by atoms with Crippen molar-refractivity contribution in [3.8, 4) is 0 Å². The Morgan fingerprint density at radius 2 is 0.952 bits per heavy atom. The monoisotopic (exact) mass is 322 g/mol. The average molecular weight is 322 g/mol. The molecule has 0 rings (SSSR count). The first kappa shape index (κ1) is 25.0. The van der Waals surface area contributed by atoms with Crippen LogP contribution in [-0.2, 0) is 19.2 Å². The van der Waals surface area contributed by atoms with E-state index in [0.717, 1.165) is 0 Å². The Bertz CT molecular complexity index is 385. The van der Waals surface area contributed by atoms with E-state index in [1.165, 1.54) is 13.8 Å². The molecule has 0 atom stereocenters. The molecule has 0 aromatic heterocycles. The Kier molecular flexibility index (Phi) is 16.6. The van der Waals surface area contributed by atoms with Gasteiger partial charge in [-0.3, -0.25) is 9.59 Å². The quantitative estimate of drug-likeness (QED) is 0.416. The van der Waals surface area contributed by atoms with Gasteiger partial charge >= 0.3 is 37.7 Å². The predicted molar refractivity (Wildman–Crippen MR) is 73.9 cm³/mol. The number of carbonyl (C=O) groups is 4. The van der Waals surface area contributed by atoms with E-state index in [0.29, 0.717) is 11.1 Å². The van der Waals surface area contributed by atoms with Gasteiger partial charge in [-0.15, -0.1) is 0 Å². The first-order chi connectivity index (χ1) is 9.07. The van der Waals surface area contributed by atoms with E-state index in [2.05, 4.69) is 13.2 Å². The fourth-order valence-electron chi connectivity index (χ4n) is 0.858. The number of hydrogen-bond donors (Lipinski definition) is 0. The number of carboxylic acid groups (broad SMARTS) is 2. The largest absolute Gasteiger partial charge is 2.00 e. The molecule has 0 saturated carbocycles. The average Bonchev–Trinajstić information content (AvgIpc) is 2.33. The van der Waals surface area contributed by atoms with E-state index in [9.17, 15) is 29.4 Å². The first-order valence-electron chi connectivity index (χ1n) is 5.85. The van der Waals surface area contributed by atoms with Crippen molar-refractivity contribution < 1.29 is 29.4 Å². The van der Waals surface area contributed by atoms with Crippen LogP contribution in [0.2, 0.25) is 0 Å². The first-order valence-corrected chi connectivity index (χ1v) is 5.85. The Labute approximate surface area is 153 Å².